The van der Waals surface area contributed by atoms with Crippen molar-refractivity contribution in [3.05, 3.63) is 88.3 Å². The molecule has 0 aliphatic carbocycles. The van der Waals surface area contributed by atoms with E-state index in [0.29, 0.717) is 23.5 Å². The summed E-state index contributed by atoms with van der Waals surface area (Å²) in [5.41, 5.74) is 0.457. The summed E-state index contributed by atoms with van der Waals surface area (Å²) >= 11 is 0. The smallest absolute Gasteiger partial charge is 0.297 e. The summed E-state index contributed by atoms with van der Waals surface area (Å²) in [4.78, 5) is 55.6. The Morgan fingerprint density at radius 3 is 2.49 bits per heavy atom. The molecule has 2 amide bonds. The van der Waals surface area contributed by atoms with Crippen molar-refractivity contribution >= 4 is 25.8 Å². The van der Waals surface area contributed by atoms with E-state index < -0.39 is 31.5 Å². The molecule has 1 spiro atoms. The number of aliphatic hydroxyl groups excluding tert-OH is 1. The Hall–Kier alpha value is -3.77. The first-order valence-corrected chi connectivity index (χ1v) is 17.5. The molecule has 11 heteroatoms. The van der Waals surface area contributed by atoms with E-state index in [9.17, 15) is 24.3 Å². The number of aromatic nitrogens is 1. The molecule has 0 radical (unpaired) electrons. The van der Waals surface area contributed by atoms with Crippen molar-refractivity contribution in [3.8, 4) is 11.4 Å². The molecule has 2 aliphatic rings. The number of likely N-dealkylation sites (N-methyl/N-ethyl adjacent to an activating group) is 1. The number of pyridine rings is 1. The molecule has 2 N–H and O–H groups in total. The molecule has 43 heavy (non-hydrogen) atoms. The number of fused-ring (bicyclic) bond motifs is 2. The van der Waals surface area contributed by atoms with E-state index in [0.717, 1.165) is 5.56 Å². The van der Waals surface area contributed by atoms with Gasteiger partial charge in [0, 0.05) is 49.0 Å². The van der Waals surface area contributed by atoms with E-state index in [4.69, 9.17) is 9.47 Å². The fraction of sp³-hybridized carbons (Fsp3) is 0.406. The van der Waals surface area contributed by atoms with Crippen LogP contribution in [0, 0.1) is 5.92 Å². The van der Waals surface area contributed by atoms with Gasteiger partial charge in [0.25, 0.3) is 11.5 Å². The Morgan fingerprint density at radius 2 is 1.84 bits per heavy atom. The third kappa shape index (κ3) is 5.31. The van der Waals surface area contributed by atoms with Gasteiger partial charge in [-0.05, 0) is 49.0 Å². The largest absolute Gasteiger partial charge is 0.491 e. The van der Waals surface area contributed by atoms with Crippen molar-refractivity contribution in [1.82, 2.24) is 9.47 Å². The number of carbonyl (C=O) groups excluding carboxylic acids is 2. The van der Waals surface area contributed by atoms with Crippen LogP contribution >= 0.6 is 0 Å². The molecule has 1 saturated heterocycles. The molecule has 1 fully saturated rings. The summed E-state index contributed by atoms with van der Waals surface area (Å²) in [5.74, 6) is -0.789. The zero-order chi connectivity index (χ0) is 31.1. The summed E-state index contributed by atoms with van der Waals surface area (Å²) in [6.45, 7) is 5.79. The highest BCUT2D eigenvalue weighted by atomic mass is 28.4. The van der Waals surface area contributed by atoms with Crippen molar-refractivity contribution in [2.24, 2.45) is 5.92 Å². The number of nitrogens with zero attached hydrogens (tertiary/aromatic N) is 3. The average Bonchev–Trinajstić information content (AvgIpc) is 3.39. The Balaban J connectivity index is 1.55. The fourth-order valence-corrected chi connectivity index (χ4v) is 9.43. The third-order valence-corrected chi connectivity index (χ3v) is 11.3. The second-order valence-corrected chi connectivity index (χ2v) is 15.9. The van der Waals surface area contributed by atoms with Crippen LogP contribution < -0.4 is 15.2 Å². The van der Waals surface area contributed by atoms with Crippen molar-refractivity contribution in [2.75, 3.05) is 32.2 Å². The van der Waals surface area contributed by atoms with Gasteiger partial charge >= 0.3 is 0 Å². The molecule has 2 aromatic carbocycles. The van der Waals surface area contributed by atoms with Gasteiger partial charge < -0.3 is 29.2 Å². The molecule has 228 valence electrons. The first kappa shape index (κ1) is 30.7. The zero-order valence-corrected chi connectivity index (χ0v) is 26.2. The Bertz CT molecular complexity index is 1570. The number of hydrogen-bond donors (Lipinski definition) is 2. The van der Waals surface area contributed by atoms with E-state index in [2.05, 4.69) is 0 Å². The third-order valence-electron chi connectivity index (χ3n) is 8.82. The molecule has 4 atom stereocenters. The number of rotatable bonds is 9. The number of amides is 2. The fourth-order valence-electron chi connectivity index (χ4n) is 6.87. The van der Waals surface area contributed by atoms with Crippen LogP contribution in [0.4, 0.5) is 5.69 Å². The molecule has 10 nitrogen and oxygen atoms in total. The lowest BCUT2D eigenvalue weighted by Gasteiger charge is -2.32. The monoisotopic (exact) mass is 605 g/mol. The van der Waals surface area contributed by atoms with Gasteiger partial charge in [-0.3, -0.25) is 19.0 Å². The zero-order valence-electron chi connectivity index (χ0n) is 25.2. The maximum absolute atomic E-state index is 14.1. The predicted molar refractivity (Wildman–Crippen MR) is 165 cm³/mol. The van der Waals surface area contributed by atoms with Crippen molar-refractivity contribution in [1.29, 1.82) is 0 Å². The molecular weight excluding hydrogens is 566 g/mol. The van der Waals surface area contributed by atoms with E-state index in [1.54, 1.807) is 66.5 Å². The average molecular weight is 606 g/mol. The minimum Gasteiger partial charge on any atom is -0.491 e. The molecule has 0 saturated carbocycles. The van der Waals surface area contributed by atoms with Crippen molar-refractivity contribution in [2.45, 2.75) is 50.2 Å². The lowest BCUT2D eigenvalue weighted by atomic mass is 9.82. The van der Waals surface area contributed by atoms with Crippen LogP contribution in [-0.2, 0) is 26.5 Å². The molecule has 2 aliphatic heterocycles. The number of anilines is 1. The highest BCUT2D eigenvalue weighted by Gasteiger charge is 2.66. The van der Waals surface area contributed by atoms with Gasteiger partial charge in [-0.2, -0.15) is 0 Å². The van der Waals surface area contributed by atoms with Crippen molar-refractivity contribution in [3.63, 3.8) is 0 Å². The second kappa shape index (κ2) is 11.7. The molecule has 1 aromatic heterocycles. The Morgan fingerprint density at radius 1 is 1.12 bits per heavy atom. The molecule has 0 bridgehead atoms. The van der Waals surface area contributed by atoms with Gasteiger partial charge in [-0.1, -0.05) is 37.3 Å². The molecule has 5 rings (SSSR count). The second-order valence-electron chi connectivity index (χ2n) is 11.9. The number of carbonyl (C=O) groups is 2. The first-order chi connectivity index (χ1) is 20.4. The normalized spacial score (nSPS) is 23.1. The number of benzene rings is 2. The van der Waals surface area contributed by atoms with Crippen molar-refractivity contribution < 1.29 is 29.0 Å². The lowest BCUT2D eigenvalue weighted by molar-refractivity contribution is -0.149. The first-order valence-electron chi connectivity index (χ1n) is 14.5. The number of ether oxygens (including phenoxy) is 2. The molecular formula is C32H39N3O7Si. The Kier molecular flexibility index (Phi) is 8.36. The minimum absolute atomic E-state index is 0.0536. The maximum atomic E-state index is 14.1. The predicted octanol–water partition coefficient (Wildman–Crippen LogP) is 3.03. The lowest BCUT2D eigenvalue weighted by Crippen LogP contribution is -2.45. The van der Waals surface area contributed by atoms with Crippen LogP contribution in [0.25, 0.3) is 5.69 Å². The van der Waals surface area contributed by atoms with Gasteiger partial charge in [-0.25, -0.2) is 0 Å². The molecule has 3 heterocycles. The Labute approximate surface area is 252 Å². The van der Waals surface area contributed by atoms with E-state index >= 15 is 0 Å². The van der Waals surface area contributed by atoms with E-state index in [1.807, 2.05) is 37.3 Å². The van der Waals surface area contributed by atoms with E-state index in [1.165, 1.54) is 11.7 Å². The number of methoxy groups -OCH3 is 1. The number of aliphatic hydroxyl groups is 1. The van der Waals surface area contributed by atoms with Gasteiger partial charge in [0.05, 0.1) is 31.9 Å². The summed E-state index contributed by atoms with van der Waals surface area (Å²) in [5, 5.41) is 9.72. The molecule has 3 aromatic rings. The summed E-state index contributed by atoms with van der Waals surface area (Å²) in [7, 11) is 0.119. The minimum atomic E-state index is -3.00. The van der Waals surface area contributed by atoms with Crippen LogP contribution in [0.2, 0.25) is 18.6 Å². The van der Waals surface area contributed by atoms with Crippen LogP contribution in [0.15, 0.2) is 71.7 Å². The topological polar surface area (TPSA) is 122 Å². The quantitative estimate of drug-likeness (QED) is 0.360. The SMILES string of the molecule is COc1cccn(-c2ccc3c(c2)[C@]2(O[C@@H](CC(=O)N(CCO)Cc4ccccc4)[C@H]([Si](C)(C)O)[C@H]2C)C(=O)N3C)c1=O. The standard InChI is InChI=1S/C32H39N3O7Si/c1-21-29(43(4,5)40)27(19-28(37)34(16-17-36)20-22-10-7-6-8-11-22)42-32(21)24-18-23(13-14-25(24)33(2)31(32)39)35-15-9-12-26(41-3)30(35)38/h6-15,18,21,27,29,36,40H,16-17,19-20H2,1-5H3/t21-,27+,29-,32+/m1/s1. The summed E-state index contributed by atoms with van der Waals surface area (Å²) in [6.07, 6.45) is 0.842. The van der Waals surface area contributed by atoms with Gasteiger partial charge in [0.2, 0.25) is 5.91 Å². The maximum Gasteiger partial charge on any atom is 0.297 e. The van der Waals surface area contributed by atoms with Crippen LogP contribution in [0.5, 0.6) is 5.75 Å². The van der Waals surface area contributed by atoms with Gasteiger partial charge in [0.15, 0.2) is 19.7 Å². The highest BCUT2D eigenvalue weighted by molar-refractivity contribution is 6.71. The summed E-state index contributed by atoms with van der Waals surface area (Å²) in [6, 6.07) is 18.2. The van der Waals surface area contributed by atoms with Crippen LogP contribution in [-0.4, -0.2) is 72.9 Å². The van der Waals surface area contributed by atoms with Gasteiger partial charge in [-0.15, -0.1) is 0 Å². The van der Waals surface area contributed by atoms with Crippen LogP contribution in [0.1, 0.15) is 24.5 Å². The van der Waals surface area contributed by atoms with E-state index in [-0.39, 0.29) is 42.7 Å². The highest BCUT2D eigenvalue weighted by Crippen LogP contribution is 2.59. The molecule has 0 unspecified atom stereocenters. The van der Waals surface area contributed by atoms with Crippen LogP contribution in [0.3, 0.4) is 0 Å². The number of hydrogen-bond acceptors (Lipinski definition) is 7. The van der Waals surface area contributed by atoms with Gasteiger partial charge in [0.1, 0.15) is 0 Å². The summed E-state index contributed by atoms with van der Waals surface area (Å²) < 4.78 is 13.4.